The molecule has 0 aliphatic carbocycles. The van der Waals surface area contributed by atoms with E-state index in [1.165, 1.54) is 5.56 Å². The Balaban J connectivity index is 2.04. The van der Waals surface area contributed by atoms with Crippen molar-refractivity contribution in [2.45, 2.75) is 13.3 Å². The third-order valence-electron chi connectivity index (χ3n) is 3.72. The standard InChI is InChI=1S/C17H18N2O/c1-2-13-7-9-14(10-8-13)19-12-11-18-17(20)15-5-3-4-6-16(15)19/h3-10H,2,11-12H2,1H3,(H,18,20). The summed E-state index contributed by atoms with van der Waals surface area (Å²) in [6.45, 7) is 3.59. The lowest BCUT2D eigenvalue weighted by Crippen LogP contribution is -2.27. The first kappa shape index (κ1) is 12.7. The smallest absolute Gasteiger partial charge is 0.253 e. The summed E-state index contributed by atoms with van der Waals surface area (Å²) in [6, 6.07) is 16.3. The van der Waals surface area contributed by atoms with E-state index in [1.807, 2.05) is 24.3 Å². The van der Waals surface area contributed by atoms with E-state index >= 15 is 0 Å². The van der Waals surface area contributed by atoms with Crippen LogP contribution >= 0.6 is 0 Å². The van der Waals surface area contributed by atoms with Crippen molar-refractivity contribution < 1.29 is 4.79 Å². The van der Waals surface area contributed by atoms with Crippen LogP contribution in [0.2, 0.25) is 0 Å². The molecule has 3 rings (SSSR count). The number of amides is 1. The molecule has 0 aromatic heterocycles. The van der Waals surface area contributed by atoms with Crippen LogP contribution in [0.1, 0.15) is 22.8 Å². The third kappa shape index (κ3) is 2.27. The van der Waals surface area contributed by atoms with Crippen molar-refractivity contribution in [1.29, 1.82) is 0 Å². The molecule has 0 saturated heterocycles. The predicted molar refractivity (Wildman–Crippen MR) is 81.6 cm³/mol. The highest BCUT2D eigenvalue weighted by atomic mass is 16.1. The minimum Gasteiger partial charge on any atom is -0.350 e. The van der Waals surface area contributed by atoms with Crippen LogP contribution in [-0.4, -0.2) is 19.0 Å². The van der Waals surface area contributed by atoms with Gasteiger partial charge in [0.15, 0.2) is 0 Å². The molecular weight excluding hydrogens is 248 g/mol. The van der Waals surface area contributed by atoms with Gasteiger partial charge in [0.2, 0.25) is 0 Å². The lowest BCUT2D eigenvalue weighted by molar-refractivity contribution is 0.0958. The molecule has 0 bridgehead atoms. The molecule has 1 heterocycles. The Bertz CT molecular complexity index is 619. The van der Waals surface area contributed by atoms with Crippen molar-refractivity contribution in [2.24, 2.45) is 0 Å². The maximum absolute atomic E-state index is 12.0. The molecule has 0 spiro atoms. The summed E-state index contributed by atoms with van der Waals surface area (Å²) in [5.74, 6) is 0.00767. The molecular formula is C17H18N2O. The topological polar surface area (TPSA) is 32.3 Å². The van der Waals surface area contributed by atoms with Crippen molar-refractivity contribution in [3.05, 3.63) is 59.7 Å². The van der Waals surface area contributed by atoms with Gasteiger partial charge in [-0.05, 0) is 36.2 Å². The van der Waals surface area contributed by atoms with Gasteiger partial charge in [-0.25, -0.2) is 0 Å². The van der Waals surface area contributed by atoms with Crippen LogP contribution in [-0.2, 0) is 6.42 Å². The first-order chi connectivity index (χ1) is 9.79. The van der Waals surface area contributed by atoms with Crippen molar-refractivity contribution in [3.8, 4) is 0 Å². The fourth-order valence-corrected chi connectivity index (χ4v) is 2.58. The van der Waals surface area contributed by atoms with E-state index in [0.29, 0.717) is 6.54 Å². The zero-order chi connectivity index (χ0) is 13.9. The van der Waals surface area contributed by atoms with E-state index in [-0.39, 0.29) is 5.91 Å². The Labute approximate surface area is 119 Å². The van der Waals surface area contributed by atoms with Crippen LogP contribution in [0.4, 0.5) is 11.4 Å². The summed E-state index contributed by atoms with van der Waals surface area (Å²) in [7, 11) is 0. The molecule has 2 aromatic carbocycles. The van der Waals surface area contributed by atoms with Gasteiger partial charge in [-0.1, -0.05) is 31.2 Å². The molecule has 0 saturated carbocycles. The number of carbonyl (C=O) groups is 1. The number of aryl methyl sites for hydroxylation is 1. The highest BCUT2D eigenvalue weighted by molar-refractivity contribution is 6.01. The first-order valence-electron chi connectivity index (χ1n) is 7.03. The molecule has 3 heteroatoms. The van der Waals surface area contributed by atoms with Crippen LogP contribution in [0.15, 0.2) is 48.5 Å². The number of nitrogens with zero attached hydrogens (tertiary/aromatic N) is 1. The second-order valence-corrected chi connectivity index (χ2v) is 4.94. The van der Waals surface area contributed by atoms with Gasteiger partial charge in [0.25, 0.3) is 5.91 Å². The Morgan fingerprint density at radius 1 is 1.10 bits per heavy atom. The molecule has 102 valence electrons. The zero-order valence-electron chi connectivity index (χ0n) is 11.6. The number of anilines is 2. The van der Waals surface area contributed by atoms with Crippen LogP contribution in [0, 0.1) is 0 Å². The molecule has 2 aromatic rings. The molecule has 0 fully saturated rings. The Morgan fingerprint density at radius 2 is 1.85 bits per heavy atom. The fraction of sp³-hybridized carbons (Fsp3) is 0.235. The average Bonchev–Trinajstić information content (AvgIpc) is 2.67. The summed E-state index contributed by atoms with van der Waals surface area (Å²) in [5.41, 5.74) is 4.17. The molecule has 0 atom stereocenters. The largest absolute Gasteiger partial charge is 0.350 e. The van der Waals surface area contributed by atoms with E-state index in [4.69, 9.17) is 0 Å². The van der Waals surface area contributed by atoms with Crippen molar-refractivity contribution >= 4 is 17.3 Å². The van der Waals surface area contributed by atoms with Gasteiger partial charge in [-0.15, -0.1) is 0 Å². The van der Waals surface area contributed by atoms with E-state index in [2.05, 4.69) is 41.4 Å². The Morgan fingerprint density at radius 3 is 2.60 bits per heavy atom. The van der Waals surface area contributed by atoms with Gasteiger partial charge in [-0.2, -0.15) is 0 Å². The molecule has 0 unspecified atom stereocenters. The van der Waals surface area contributed by atoms with Gasteiger partial charge < -0.3 is 10.2 Å². The van der Waals surface area contributed by atoms with Crippen LogP contribution in [0.3, 0.4) is 0 Å². The van der Waals surface area contributed by atoms with Gasteiger partial charge in [0.05, 0.1) is 11.3 Å². The average molecular weight is 266 g/mol. The SMILES string of the molecule is CCc1ccc(N2CCNC(=O)c3ccccc32)cc1. The monoisotopic (exact) mass is 266 g/mol. The van der Waals surface area contributed by atoms with Crippen LogP contribution in [0.5, 0.6) is 0 Å². The molecule has 3 nitrogen and oxygen atoms in total. The summed E-state index contributed by atoms with van der Waals surface area (Å²) in [6.07, 6.45) is 1.04. The van der Waals surface area contributed by atoms with E-state index in [0.717, 1.165) is 29.9 Å². The molecule has 1 aliphatic heterocycles. The van der Waals surface area contributed by atoms with Gasteiger partial charge >= 0.3 is 0 Å². The Hall–Kier alpha value is -2.29. The van der Waals surface area contributed by atoms with E-state index < -0.39 is 0 Å². The normalized spacial score (nSPS) is 14.4. The van der Waals surface area contributed by atoms with Gasteiger partial charge in [0.1, 0.15) is 0 Å². The van der Waals surface area contributed by atoms with Crippen LogP contribution in [0.25, 0.3) is 0 Å². The number of rotatable bonds is 2. The second-order valence-electron chi connectivity index (χ2n) is 4.94. The summed E-state index contributed by atoms with van der Waals surface area (Å²) in [5, 5.41) is 2.94. The maximum atomic E-state index is 12.0. The van der Waals surface area contributed by atoms with Gasteiger partial charge in [-0.3, -0.25) is 4.79 Å². The second kappa shape index (κ2) is 5.37. The van der Waals surface area contributed by atoms with Crippen molar-refractivity contribution in [1.82, 2.24) is 5.32 Å². The zero-order valence-corrected chi connectivity index (χ0v) is 11.6. The molecule has 0 radical (unpaired) electrons. The number of benzene rings is 2. The summed E-state index contributed by atoms with van der Waals surface area (Å²) in [4.78, 5) is 14.2. The lowest BCUT2D eigenvalue weighted by Gasteiger charge is -2.24. The van der Waals surface area contributed by atoms with Crippen molar-refractivity contribution in [3.63, 3.8) is 0 Å². The summed E-state index contributed by atoms with van der Waals surface area (Å²) >= 11 is 0. The molecule has 1 N–H and O–H groups in total. The van der Waals surface area contributed by atoms with E-state index in [9.17, 15) is 4.79 Å². The number of hydrogen-bond acceptors (Lipinski definition) is 2. The number of fused-ring (bicyclic) bond motifs is 1. The quantitative estimate of drug-likeness (QED) is 0.905. The minimum absolute atomic E-state index is 0.00767. The van der Waals surface area contributed by atoms with Crippen LogP contribution < -0.4 is 10.2 Å². The number of nitrogens with one attached hydrogen (secondary N) is 1. The number of para-hydroxylation sites is 1. The summed E-state index contributed by atoms with van der Waals surface area (Å²) < 4.78 is 0. The highest BCUT2D eigenvalue weighted by Crippen LogP contribution is 2.29. The molecule has 1 amide bonds. The first-order valence-corrected chi connectivity index (χ1v) is 7.03. The minimum atomic E-state index is 0.00767. The predicted octanol–water partition coefficient (Wildman–Crippen LogP) is 3.13. The van der Waals surface area contributed by atoms with Gasteiger partial charge in [0, 0.05) is 18.8 Å². The lowest BCUT2D eigenvalue weighted by atomic mass is 10.1. The number of hydrogen-bond donors (Lipinski definition) is 1. The molecule has 20 heavy (non-hydrogen) atoms. The highest BCUT2D eigenvalue weighted by Gasteiger charge is 2.20. The Kier molecular flexibility index (Phi) is 3.42. The fourth-order valence-electron chi connectivity index (χ4n) is 2.58. The molecule has 1 aliphatic rings. The maximum Gasteiger partial charge on any atom is 0.253 e. The third-order valence-corrected chi connectivity index (χ3v) is 3.72. The van der Waals surface area contributed by atoms with E-state index in [1.54, 1.807) is 0 Å². The number of carbonyl (C=O) groups excluding carboxylic acids is 1. The van der Waals surface area contributed by atoms with Crippen molar-refractivity contribution in [2.75, 3.05) is 18.0 Å².